The molecule has 2 N–H and O–H groups in total. The Morgan fingerprint density at radius 2 is 2.10 bits per heavy atom. The zero-order valence-electron chi connectivity index (χ0n) is 11.7. The molecule has 0 radical (unpaired) electrons. The third-order valence-electron chi connectivity index (χ3n) is 3.41. The second kappa shape index (κ2) is 5.87. The molecule has 3 aromatic rings. The predicted molar refractivity (Wildman–Crippen MR) is 87.3 cm³/mol. The Balaban J connectivity index is 1.95. The lowest BCUT2D eigenvalue weighted by Crippen LogP contribution is -2.18. The molecule has 1 aromatic heterocycles. The highest BCUT2D eigenvalue weighted by atomic mass is 79.9. The molecule has 0 aliphatic heterocycles. The first-order valence-corrected chi connectivity index (χ1v) is 7.51. The van der Waals surface area contributed by atoms with Crippen LogP contribution in [-0.2, 0) is 7.05 Å². The lowest BCUT2D eigenvalue weighted by molar-refractivity contribution is 0.213. The number of hydrogen-bond donors (Lipinski definition) is 1. The minimum absolute atomic E-state index is 0.212. The molecule has 0 amide bonds. The van der Waals surface area contributed by atoms with E-state index in [1.165, 1.54) is 5.39 Å². The van der Waals surface area contributed by atoms with Crippen LogP contribution in [-0.4, -0.2) is 16.3 Å². The molecule has 0 saturated carbocycles. The van der Waals surface area contributed by atoms with E-state index in [2.05, 4.69) is 33.2 Å². The van der Waals surface area contributed by atoms with Crippen molar-refractivity contribution in [3.05, 3.63) is 58.8 Å². The van der Waals surface area contributed by atoms with Crippen LogP contribution in [0, 0.1) is 0 Å². The predicted octanol–water partition coefficient (Wildman–Crippen LogP) is 3.41. The summed E-state index contributed by atoms with van der Waals surface area (Å²) in [5.41, 5.74) is 6.82. The molecular formula is C16H16BrN3O. The molecule has 5 heteroatoms. The summed E-state index contributed by atoms with van der Waals surface area (Å²) in [6.07, 6.45) is 3.50. The number of rotatable bonds is 4. The molecule has 1 unspecified atom stereocenters. The van der Waals surface area contributed by atoms with Gasteiger partial charge in [0, 0.05) is 25.4 Å². The molecule has 1 heterocycles. The number of nitrogens with zero attached hydrogens (tertiary/aromatic N) is 2. The summed E-state index contributed by atoms with van der Waals surface area (Å²) in [6, 6.07) is 12.2. The number of aromatic nitrogens is 2. The minimum atomic E-state index is -0.212. The number of ether oxygens (including phenoxy) is 1. The smallest absolute Gasteiger partial charge is 0.139 e. The molecule has 0 aliphatic carbocycles. The normalized spacial score (nSPS) is 12.5. The average Bonchev–Trinajstić information content (AvgIpc) is 2.93. The first-order chi connectivity index (χ1) is 10.2. The van der Waals surface area contributed by atoms with E-state index in [0.29, 0.717) is 6.54 Å². The summed E-state index contributed by atoms with van der Waals surface area (Å²) in [6.45, 7) is 0.394. The van der Waals surface area contributed by atoms with E-state index in [0.717, 1.165) is 21.2 Å². The van der Waals surface area contributed by atoms with Crippen molar-refractivity contribution in [3.8, 4) is 5.75 Å². The molecule has 3 rings (SSSR count). The van der Waals surface area contributed by atoms with Gasteiger partial charge in [-0.2, -0.15) is 5.10 Å². The van der Waals surface area contributed by atoms with Gasteiger partial charge in [0.25, 0.3) is 0 Å². The fraction of sp³-hybridized carbons (Fsp3) is 0.188. The molecule has 4 nitrogen and oxygen atoms in total. The van der Waals surface area contributed by atoms with Gasteiger partial charge in [-0.05, 0) is 32.8 Å². The topological polar surface area (TPSA) is 53.1 Å². The van der Waals surface area contributed by atoms with Crippen molar-refractivity contribution in [2.75, 3.05) is 6.54 Å². The first-order valence-electron chi connectivity index (χ1n) is 6.71. The summed E-state index contributed by atoms with van der Waals surface area (Å²) in [5, 5.41) is 6.46. The molecule has 0 spiro atoms. The zero-order valence-corrected chi connectivity index (χ0v) is 13.2. The number of halogens is 1. The number of fused-ring (bicyclic) bond motifs is 1. The van der Waals surface area contributed by atoms with Crippen molar-refractivity contribution in [2.24, 2.45) is 12.8 Å². The fourth-order valence-corrected chi connectivity index (χ4v) is 2.90. The summed E-state index contributed by atoms with van der Waals surface area (Å²) >= 11 is 3.63. The Labute approximate surface area is 131 Å². The summed E-state index contributed by atoms with van der Waals surface area (Å²) < 4.78 is 8.77. The van der Waals surface area contributed by atoms with Gasteiger partial charge in [0.05, 0.1) is 10.7 Å². The molecule has 108 valence electrons. The molecule has 0 saturated heterocycles. The van der Waals surface area contributed by atoms with Crippen LogP contribution in [0.4, 0.5) is 0 Å². The summed E-state index contributed by atoms with van der Waals surface area (Å²) in [5.74, 6) is 0.785. The van der Waals surface area contributed by atoms with E-state index >= 15 is 0 Å². The number of hydrogen-bond acceptors (Lipinski definition) is 3. The molecule has 1 atom stereocenters. The van der Waals surface area contributed by atoms with Crippen LogP contribution in [0.25, 0.3) is 10.8 Å². The van der Waals surface area contributed by atoms with E-state index in [-0.39, 0.29) is 6.10 Å². The van der Waals surface area contributed by atoms with Crippen molar-refractivity contribution in [1.29, 1.82) is 0 Å². The molecular weight excluding hydrogens is 330 g/mol. The van der Waals surface area contributed by atoms with Crippen LogP contribution in [0.15, 0.2) is 53.3 Å². The van der Waals surface area contributed by atoms with Gasteiger partial charge in [-0.25, -0.2) is 0 Å². The van der Waals surface area contributed by atoms with Gasteiger partial charge in [0.2, 0.25) is 0 Å². The van der Waals surface area contributed by atoms with Gasteiger partial charge in [-0.3, -0.25) is 4.68 Å². The fourth-order valence-electron chi connectivity index (χ4n) is 2.32. The van der Waals surface area contributed by atoms with Gasteiger partial charge < -0.3 is 10.5 Å². The number of nitrogens with two attached hydrogens (primary N) is 1. The van der Waals surface area contributed by atoms with Gasteiger partial charge >= 0.3 is 0 Å². The standard InChI is InChI=1S/C16H16BrN3O/c1-20-10-12(9-19-20)15(8-18)21-14-7-6-11-4-2-3-5-13(11)16(14)17/h2-7,9-10,15H,8,18H2,1H3. The maximum Gasteiger partial charge on any atom is 0.139 e. The first kappa shape index (κ1) is 14.1. The number of aryl methyl sites for hydroxylation is 1. The van der Waals surface area contributed by atoms with E-state index in [1.54, 1.807) is 10.9 Å². The highest BCUT2D eigenvalue weighted by molar-refractivity contribution is 9.10. The molecule has 2 aromatic carbocycles. The monoisotopic (exact) mass is 345 g/mol. The van der Waals surface area contributed by atoms with E-state index in [1.807, 2.05) is 37.5 Å². The Kier molecular flexibility index (Phi) is 3.94. The van der Waals surface area contributed by atoms with E-state index in [4.69, 9.17) is 10.5 Å². The largest absolute Gasteiger partial charge is 0.483 e. The Hall–Kier alpha value is -1.85. The van der Waals surface area contributed by atoms with Crippen molar-refractivity contribution in [1.82, 2.24) is 9.78 Å². The molecule has 0 bridgehead atoms. The van der Waals surface area contributed by atoms with Gasteiger partial charge in [0.1, 0.15) is 11.9 Å². The van der Waals surface area contributed by atoms with E-state index in [9.17, 15) is 0 Å². The zero-order chi connectivity index (χ0) is 14.8. The highest BCUT2D eigenvalue weighted by Gasteiger charge is 2.16. The average molecular weight is 346 g/mol. The van der Waals surface area contributed by atoms with Crippen LogP contribution in [0.5, 0.6) is 5.75 Å². The van der Waals surface area contributed by atoms with Gasteiger partial charge in [-0.15, -0.1) is 0 Å². The second-order valence-corrected chi connectivity index (χ2v) is 5.68. The van der Waals surface area contributed by atoms with Crippen molar-refractivity contribution in [3.63, 3.8) is 0 Å². The SMILES string of the molecule is Cn1cc(C(CN)Oc2ccc3ccccc3c2Br)cn1. The molecule has 0 aliphatic rings. The minimum Gasteiger partial charge on any atom is -0.483 e. The Morgan fingerprint density at radius 3 is 2.81 bits per heavy atom. The van der Waals surface area contributed by atoms with Crippen molar-refractivity contribution >= 4 is 26.7 Å². The summed E-state index contributed by atoms with van der Waals surface area (Å²) in [4.78, 5) is 0. The Morgan fingerprint density at radius 1 is 1.29 bits per heavy atom. The Bertz CT molecular complexity index is 769. The van der Waals surface area contributed by atoms with Crippen LogP contribution in [0.1, 0.15) is 11.7 Å². The van der Waals surface area contributed by atoms with Crippen molar-refractivity contribution < 1.29 is 4.74 Å². The third-order valence-corrected chi connectivity index (χ3v) is 4.23. The van der Waals surface area contributed by atoms with Crippen LogP contribution >= 0.6 is 15.9 Å². The molecule has 0 fully saturated rings. The van der Waals surface area contributed by atoms with Crippen LogP contribution in [0.2, 0.25) is 0 Å². The maximum absolute atomic E-state index is 6.08. The maximum atomic E-state index is 6.08. The van der Waals surface area contributed by atoms with Crippen LogP contribution in [0.3, 0.4) is 0 Å². The summed E-state index contributed by atoms with van der Waals surface area (Å²) in [7, 11) is 1.88. The lowest BCUT2D eigenvalue weighted by atomic mass is 10.1. The van der Waals surface area contributed by atoms with Crippen molar-refractivity contribution in [2.45, 2.75) is 6.10 Å². The quantitative estimate of drug-likeness (QED) is 0.788. The number of benzene rings is 2. The van der Waals surface area contributed by atoms with Gasteiger partial charge in [-0.1, -0.05) is 30.3 Å². The van der Waals surface area contributed by atoms with E-state index < -0.39 is 0 Å². The van der Waals surface area contributed by atoms with Crippen LogP contribution < -0.4 is 10.5 Å². The molecule has 21 heavy (non-hydrogen) atoms. The lowest BCUT2D eigenvalue weighted by Gasteiger charge is -2.18. The van der Waals surface area contributed by atoms with Gasteiger partial charge in [0.15, 0.2) is 0 Å². The third kappa shape index (κ3) is 2.80. The highest BCUT2D eigenvalue weighted by Crippen LogP contribution is 2.35. The second-order valence-electron chi connectivity index (χ2n) is 4.89.